The summed E-state index contributed by atoms with van der Waals surface area (Å²) in [4.78, 5) is 11.5. The predicted octanol–water partition coefficient (Wildman–Crippen LogP) is 1.96. The minimum absolute atomic E-state index is 0.0115. The molecule has 1 unspecified atom stereocenters. The van der Waals surface area contributed by atoms with Crippen molar-refractivity contribution in [1.82, 2.24) is 0 Å². The van der Waals surface area contributed by atoms with E-state index in [1.165, 1.54) is 13.2 Å². The summed E-state index contributed by atoms with van der Waals surface area (Å²) in [5.41, 5.74) is 0.563. The lowest BCUT2D eigenvalue weighted by Gasteiger charge is -2.18. The van der Waals surface area contributed by atoms with Crippen LogP contribution >= 0.6 is 11.6 Å². The first-order valence-corrected chi connectivity index (χ1v) is 5.72. The van der Waals surface area contributed by atoms with E-state index in [0.717, 1.165) is 0 Å². The van der Waals surface area contributed by atoms with Crippen molar-refractivity contribution in [3.8, 4) is 11.5 Å². The monoisotopic (exact) mass is 274 g/mol. The minimum atomic E-state index is -1.55. The van der Waals surface area contributed by atoms with Crippen molar-refractivity contribution in [2.45, 2.75) is 20.0 Å². The first kappa shape index (κ1) is 14.6. The first-order chi connectivity index (χ1) is 8.43. The molecule has 0 saturated carbocycles. The summed E-state index contributed by atoms with van der Waals surface area (Å²) in [6, 6.07) is 1.29. The second-order valence-electron chi connectivity index (χ2n) is 3.60. The highest BCUT2D eigenvalue weighted by Gasteiger charge is 2.27. The average molecular weight is 275 g/mol. The van der Waals surface area contributed by atoms with Crippen LogP contribution in [0.25, 0.3) is 0 Å². The molecule has 0 aliphatic rings. The smallest absolute Gasteiger partial charge is 0.339 e. The molecule has 0 aliphatic carbocycles. The lowest BCUT2D eigenvalue weighted by molar-refractivity contribution is -0.153. The van der Waals surface area contributed by atoms with Gasteiger partial charge in [-0.25, -0.2) is 4.79 Å². The van der Waals surface area contributed by atoms with Crippen LogP contribution in [0.2, 0.25) is 5.02 Å². The van der Waals surface area contributed by atoms with E-state index in [1.54, 1.807) is 13.8 Å². The molecule has 1 aromatic rings. The standard InChI is InChI=1S/C12H15ClO5/c1-4-18-12(16)10(15)9-6(2)7(13)5-8(14)11(9)17-3/h5,10,14-15H,4H2,1-3H3. The summed E-state index contributed by atoms with van der Waals surface area (Å²) in [6.45, 7) is 3.38. The quantitative estimate of drug-likeness (QED) is 0.821. The van der Waals surface area contributed by atoms with Gasteiger partial charge in [0, 0.05) is 16.7 Å². The van der Waals surface area contributed by atoms with Gasteiger partial charge in [-0.15, -0.1) is 0 Å². The Morgan fingerprint density at radius 1 is 1.56 bits per heavy atom. The number of aliphatic hydroxyl groups excluding tert-OH is 1. The van der Waals surface area contributed by atoms with E-state index in [2.05, 4.69) is 0 Å². The van der Waals surface area contributed by atoms with E-state index in [-0.39, 0.29) is 28.7 Å². The van der Waals surface area contributed by atoms with Gasteiger partial charge in [0.1, 0.15) is 0 Å². The highest BCUT2D eigenvalue weighted by atomic mass is 35.5. The molecular formula is C12H15ClO5. The van der Waals surface area contributed by atoms with E-state index in [0.29, 0.717) is 5.56 Å². The third kappa shape index (κ3) is 2.68. The van der Waals surface area contributed by atoms with Crippen molar-refractivity contribution in [2.75, 3.05) is 13.7 Å². The zero-order valence-electron chi connectivity index (χ0n) is 10.4. The van der Waals surface area contributed by atoms with Gasteiger partial charge >= 0.3 is 5.97 Å². The Hall–Kier alpha value is -1.46. The van der Waals surface area contributed by atoms with Crippen LogP contribution in [0.15, 0.2) is 6.07 Å². The summed E-state index contributed by atoms with van der Waals surface area (Å²) in [5, 5.41) is 19.9. The first-order valence-electron chi connectivity index (χ1n) is 5.34. The Labute approximate surface area is 110 Å². The molecule has 0 radical (unpaired) electrons. The van der Waals surface area contributed by atoms with E-state index >= 15 is 0 Å². The van der Waals surface area contributed by atoms with E-state index in [9.17, 15) is 15.0 Å². The van der Waals surface area contributed by atoms with Gasteiger partial charge in [-0.05, 0) is 19.4 Å². The summed E-state index contributed by atoms with van der Waals surface area (Å²) >= 11 is 5.90. The van der Waals surface area contributed by atoms with Gasteiger partial charge in [0.05, 0.1) is 13.7 Å². The van der Waals surface area contributed by atoms with Gasteiger partial charge in [0.15, 0.2) is 17.6 Å². The molecule has 5 nitrogen and oxygen atoms in total. The number of hydrogen-bond acceptors (Lipinski definition) is 5. The summed E-state index contributed by atoms with van der Waals surface area (Å²) < 4.78 is 9.71. The Balaban J connectivity index is 3.33. The number of carbonyl (C=O) groups excluding carboxylic acids is 1. The summed E-state index contributed by atoms with van der Waals surface area (Å²) in [7, 11) is 1.32. The van der Waals surface area contributed by atoms with Crippen LogP contribution in [-0.4, -0.2) is 29.9 Å². The Morgan fingerprint density at radius 3 is 2.67 bits per heavy atom. The van der Waals surface area contributed by atoms with Crippen molar-refractivity contribution in [3.05, 3.63) is 22.2 Å². The Kier molecular flexibility index (Phi) is 4.81. The molecule has 0 bridgehead atoms. The number of carbonyl (C=O) groups is 1. The number of esters is 1. The number of methoxy groups -OCH3 is 1. The van der Waals surface area contributed by atoms with E-state index in [1.807, 2.05) is 0 Å². The number of benzene rings is 1. The predicted molar refractivity (Wildman–Crippen MR) is 66.0 cm³/mol. The number of halogens is 1. The van der Waals surface area contributed by atoms with Crippen molar-refractivity contribution >= 4 is 17.6 Å². The zero-order chi connectivity index (χ0) is 13.9. The fourth-order valence-electron chi connectivity index (χ4n) is 1.61. The van der Waals surface area contributed by atoms with E-state index < -0.39 is 12.1 Å². The van der Waals surface area contributed by atoms with E-state index in [4.69, 9.17) is 21.1 Å². The molecule has 2 N–H and O–H groups in total. The van der Waals surface area contributed by atoms with Crippen LogP contribution in [-0.2, 0) is 9.53 Å². The molecular weight excluding hydrogens is 260 g/mol. The molecule has 0 fully saturated rings. The van der Waals surface area contributed by atoms with Crippen molar-refractivity contribution in [3.63, 3.8) is 0 Å². The van der Waals surface area contributed by atoms with Gasteiger partial charge in [0.2, 0.25) is 0 Å². The molecule has 100 valence electrons. The third-order valence-corrected chi connectivity index (χ3v) is 2.88. The highest BCUT2D eigenvalue weighted by molar-refractivity contribution is 6.31. The van der Waals surface area contributed by atoms with Crippen LogP contribution in [0.4, 0.5) is 0 Å². The SMILES string of the molecule is CCOC(=O)C(O)c1c(C)c(Cl)cc(O)c1OC. The molecule has 1 rings (SSSR count). The van der Waals surface area contributed by atoms with Crippen molar-refractivity contribution < 1.29 is 24.5 Å². The number of ether oxygens (including phenoxy) is 2. The average Bonchev–Trinajstić information content (AvgIpc) is 2.32. The maximum atomic E-state index is 11.5. The Bertz CT molecular complexity index is 458. The largest absolute Gasteiger partial charge is 0.504 e. The lowest BCUT2D eigenvalue weighted by Crippen LogP contribution is -2.17. The van der Waals surface area contributed by atoms with Gasteiger partial charge in [0.25, 0.3) is 0 Å². The van der Waals surface area contributed by atoms with Crippen LogP contribution in [0.1, 0.15) is 24.2 Å². The molecule has 0 spiro atoms. The van der Waals surface area contributed by atoms with Crippen molar-refractivity contribution in [2.24, 2.45) is 0 Å². The normalized spacial score (nSPS) is 12.1. The second kappa shape index (κ2) is 5.93. The summed E-state index contributed by atoms with van der Waals surface area (Å²) in [5.74, 6) is -1.05. The van der Waals surface area contributed by atoms with Crippen LogP contribution in [0.5, 0.6) is 11.5 Å². The Morgan fingerprint density at radius 2 is 2.17 bits per heavy atom. The highest BCUT2D eigenvalue weighted by Crippen LogP contribution is 2.40. The topological polar surface area (TPSA) is 76.0 Å². The number of phenols is 1. The number of hydrogen-bond donors (Lipinski definition) is 2. The second-order valence-corrected chi connectivity index (χ2v) is 4.01. The van der Waals surface area contributed by atoms with Crippen LogP contribution < -0.4 is 4.74 Å². The van der Waals surface area contributed by atoms with Crippen LogP contribution in [0.3, 0.4) is 0 Å². The fraction of sp³-hybridized carbons (Fsp3) is 0.417. The maximum Gasteiger partial charge on any atom is 0.339 e. The molecule has 0 amide bonds. The molecule has 0 saturated heterocycles. The van der Waals surface area contributed by atoms with Gasteiger partial charge < -0.3 is 19.7 Å². The van der Waals surface area contributed by atoms with Crippen molar-refractivity contribution in [1.29, 1.82) is 0 Å². The number of aromatic hydroxyl groups is 1. The molecule has 6 heteroatoms. The van der Waals surface area contributed by atoms with Gasteiger partial charge in [-0.2, -0.15) is 0 Å². The molecule has 18 heavy (non-hydrogen) atoms. The molecule has 0 heterocycles. The minimum Gasteiger partial charge on any atom is -0.504 e. The number of rotatable bonds is 4. The molecule has 0 aliphatic heterocycles. The van der Waals surface area contributed by atoms with Gasteiger partial charge in [-0.1, -0.05) is 11.6 Å². The van der Waals surface area contributed by atoms with Gasteiger partial charge in [-0.3, -0.25) is 0 Å². The van der Waals surface area contributed by atoms with Crippen LogP contribution in [0, 0.1) is 6.92 Å². The third-order valence-electron chi connectivity index (χ3n) is 2.49. The zero-order valence-corrected chi connectivity index (χ0v) is 11.1. The fourth-order valence-corrected chi connectivity index (χ4v) is 1.82. The summed E-state index contributed by atoms with van der Waals surface area (Å²) in [6.07, 6.45) is -1.55. The molecule has 0 aromatic heterocycles. The lowest BCUT2D eigenvalue weighted by atomic mass is 10.0. The number of phenolic OH excluding ortho intramolecular Hbond substituents is 1. The maximum absolute atomic E-state index is 11.5. The number of aliphatic hydroxyl groups is 1. The molecule has 1 aromatic carbocycles. The molecule has 1 atom stereocenters.